The molecule has 0 bridgehead atoms. The first-order valence-electron chi connectivity index (χ1n) is 19.3. The van der Waals surface area contributed by atoms with Crippen molar-refractivity contribution < 1.29 is 0 Å². The van der Waals surface area contributed by atoms with E-state index in [9.17, 15) is 0 Å². The Labute approximate surface area is 331 Å². The van der Waals surface area contributed by atoms with Gasteiger partial charge in [0.1, 0.15) is 0 Å². The Bertz CT molecular complexity index is 2890. The van der Waals surface area contributed by atoms with Gasteiger partial charge in [0.25, 0.3) is 0 Å². The fourth-order valence-electron chi connectivity index (χ4n) is 8.89. The zero-order chi connectivity index (χ0) is 36.7. The predicted octanol–water partition coefficient (Wildman–Crippen LogP) is 15.4. The van der Waals surface area contributed by atoms with Crippen LogP contribution in [0, 0.1) is 5.92 Å². The van der Waals surface area contributed by atoms with Crippen LogP contribution in [0.25, 0.3) is 57.0 Å². The maximum absolute atomic E-state index is 4.83. The zero-order valence-corrected chi connectivity index (χ0v) is 32.2. The summed E-state index contributed by atoms with van der Waals surface area (Å²) in [5.41, 5.74) is 10.4. The molecular weight excluding hydrogens is 701 g/mol. The van der Waals surface area contributed by atoms with Gasteiger partial charge in [-0.15, -0.1) is 22.7 Å². The molecule has 55 heavy (non-hydrogen) atoms. The van der Waals surface area contributed by atoms with E-state index in [1.807, 2.05) is 22.7 Å². The molecule has 0 saturated heterocycles. The predicted molar refractivity (Wildman–Crippen MR) is 241 cm³/mol. The number of fused-ring (bicyclic) bond motifs is 6. The molecular formula is C53H40S2. The van der Waals surface area contributed by atoms with Crippen LogP contribution in [0.4, 0.5) is 0 Å². The minimum Gasteiger partial charge on any atom is -0.135 e. The highest BCUT2D eigenvalue weighted by Gasteiger charge is 2.29. The number of allylic oxidation sites excluding steroid dienone is 5. The van der Waals surface area contributed by atoms with Gasteiger partial charge in [0.15, 0.2) is 0 Å². The van der Waals surface area contributed by atoms with Crippen molar-refractivity contribution in [3.63, 3.8) is 0 Å². The molecule has 0 N–H and O–H groups in total. The first-order chi connectivity index (χ1) is 27.2. The second-order valence-electron chi connectivity index (χ2n) is 14.8. The van der Waals surface area contributed by atoms with Crippen molar-refractivity contribution in [3.05, 3.63) is 222 Å². The van der Waals surface area contributed by atoms with Crippen LogP contribution in [0.15, 0.2) is 195 Å². The molecule has 3 atom stereocenters. The van der Waals surface area contributed by atoms with Crippen molar-refractivity contribution >= 4 is 68.6 Å². The summed E-state index contributed by atoms with van der Waals surface area (Å²) in [7, 11) is 0. The lowest BCUT2D eigenvalue weighted by Gasteiger charge is -2.29. The van der Waals surface area contributed by atoms with Gasteiger partial charge in [0, 0.05) is 52.2 Å². The van der Waals surface area contributed by atoms with Crippen LogP contribution in [0.2, 0.25) is 0 Å². The molecule has 2 heterocycles. The van der Waals surface area contributed by atoms with Gasteiger partial charge >= 0.3 is 0 Å². The topological polar surface area (TPSA) is 0 Å². The van der Waals surface area contributed by atoms with E-state index in [4.69, 9.17) is 6.58 Å². The Balaban J connectivity index is 1.18. The van der Waals surface area contributed by atoms with Gasteiger partial charge in [-0.2, -0.15) is 0 Å². The molecule has 2 heteroatoms. The molecule has 0 aliphatic heterocycles. The molecule has 10 rings (SSSR count). The molecule has 0 fully saturated rings. The van der Waals surface area contributed by atoms with E-state index in [-0.39, 0.29) is 11.8 Å². The Hall–Kier alpha value is -5.80. The smallest absolute Gasteiger partial charge is 0.0358 e. The van der Waals surface area contributed by atoms with Crippen molar-refractivity contribution in [1.82, 2.24) is 0 Å². The number of hydrogen-bond donors (Lipinski definition) is 0. The minimum absolute atomic E-state index is 0.135. The number of rotatable bonds is 9. The van der Waals surface area contributed by atoms with E-state index in [0.717, 1.165) is 12.8 Å². The summed E-state index contributed by atoms with van der Waals surface area (Å²) in [6.07, 6.45) is 11.0. The SMILES string of the molecule is C=C(c1ccccc1)[C@@H](c1cccc2sc3cccc(C(Cc4ccc(-c5ccccc5)cc4)c4ccc5sc6ccccc6c5c4)c3c12)C1C=CC=CC1. The molecule has 0 amide bonds. The van der Waals surface area contributed by atoms with E-state index in [1.165, 1.54) is 84.9 Å². The Morgan fingerprint density at radius 2 is 1.20 bits per heavy atom. The largest absolute Gasteiger partial charge is 0.135 e. The van der Waals surface area contributed by atoms with Crippen LogP contribution in [0.3, 0.4) is 0 Å². The van der Waals surface area contributed by atoms with Crippen LogP contribution in [0.1, 0.15) is 46.1 Å². The third kappa shape index (κ3) is 6.26. The average Bonchev–Trinajstić information content (AvgIpc) is 3.83. The lowest BCUT2D eigenvalue weighted by Crippen LogP contribution is -2.14. The molecule has 1 aliphatic carbocycles. The number of benzene rings is 7. The fraction of sp³-hybridized carbons (Fsp3) is 0.0943. The van der Waals surface area contributed by atoms with Gasteiger partial charge in [0.05, 0.1) is 0 Å². The normalized spacial score (nSPS) is 15.2. The molecule has 7 aromatic carbocycles. The van der Waals surface area contributed by atoms with Crippen molar-refractivity contribution in [2.45, 2.75) is 24.7 Å². The van der Waals surface area contributed by atoms with E-state index in [2.05, 4.69) is 188 Å². The molecule has 0 nitrogen and oxygen atoms in total. The van der Waals surface area contributed by atoms with Crippen molar-refractivity contribution in [1.29, 1.82) is 0 Å². The van der Waals surface area contributed by atoms with Gasteiger partial charge in [-0.25, -0.2) is 0 Å². The Morgan fingerprint density at radius 1 is 0.564 bits per heavy atom. The van der Waals surface area contributed by atoms with Gasteiger partial charge in [-0.1, -0.05) is 164 Å². The second kappa shape index (κ2) is 14.5. The molecule has 0 saturated carbocycles. The van der Waals surface area contributed by atoms with Crippen LogP contribution in [0.5, 0.6) is 0 Å². The summed E-state index contributed by atoms with van der Waals surface area (Å²) < 4.78 is 5.37. The van der Waals surface area contributed by atoms with Crippen LogP contribution >= 0.6 is 22.7 Å². The zero-order valence-electron chi connectivity index (χ0n) is 30.6. The van der Waals surface area contributed by atoms with Gasteiger partial charge in [0.2, 0.25) is 0 Å². The Morgan fingerprint density at radius 3 is 1.96 bits per heavy atom. The lowest BCUT2D eigenvalue weighted by atomic mass is 9.74. The van der Waals surface area contributed by atoms with Crippen LogP contribution in [-0.2, 0) is 6.42 Å². The molecule has 2 unspecified atom stereocenters. The van der Waals surface area contributed by atoms with E-state index >= 15 is 0 Å². The van der Waals surface area contributed by atoms with Crippen LogP contribution < -0.4 is 0 Å². The van der Waals surface area contributed by atoms with E-state index in [0.29, 0.717) is 5.92 Å². The summed E-state index contributed by atoms with van der Waals surface area (Å²) in [6, 6.07) is 60.9. The van der Waals surface area contributed by atoms with E-state index in [1.54, 1.807) is 0 Å². The van der Waals surface area contributed by atoms with E-state index < -0.39 is 0 Å². The first-order valence-corrected chi connectivity index (χ1v) is 20.9. The number of thiophene rings is 2. The molecule has 264 valence electrons. The highest BCUT2D eigenvalue weighted by atomic mass is 32.1. The average molecular weight is 741 g/mol. The van der Waals surface area contributed by atoms with Gasteiger partial charge < -0.3 is 0 Å². The summed E-state index contributed by atoms with van der Waals surface area (Å²) in [4.78, 5) is 0. The number of hydrogen-bond acceptors (Lipinski definition) is 2. The molecule has 0 spiro atoms. The lowest BCUT2D eigenvalue weighted by molar-refractivity contribution is 0.602. The second-order valence-corrected chi connectivity index (χ2v) is 17.0. The highest BCUT2D eigenvalue weighted by Crippen LogP contribution is 2.49. The molecule has 1 aliphatic rings. The maximum atomic E-state index is 4.83. The Kier molecular flexibility index (Phi) is 8.87. The summed E-state index contributed by atoms with van der Waals surface area (Å²) in [6.45, 7) is 4.83. The monoisotopic (exact) mass is 740 g/mol. The standard InChI is InChI=1S/C53H40S2/c1-35(37-15-5-2-6-16-37)51(40-19-9-4-10-20-40)44-23-14-26-50-53(44)52-43(22-13-25-49(52)55-50)45(33-36-27-29-39(30-28-36)38-17-7-3-8-18-38)41-31-32-48-46(34-41)42-21-11-12-24-47(42)54-48/h2-19,21-32,34,40,45,51H,1,20,33H2/t40?,45?,51-/m1/s1. The van der Waals surface area contributed by atoms with Gasteiger partial charge in [-0.3, -0.25) is 0 Å². The first kappa shape index (κ1) is 33.7. The third-order valence-corrected chi connectivity index (χ3v) is 13.8. The van der Waals surface area contributed by atoms with Crippen molar-refractivity contribution in [2.24, 2.45) is 5.92 Å². The maximum Gasteiger partial charge on any atom is 0.0358 e. The highest BCUT2D eigenvalue weighted by molar-refractivity contribution is 7.26. The molecule has 2 aromatic heterocycles. The summed E-state index contributed by atoms with van der Waals surface area (Å²) >= 11 is 3.82. The quantitative estimate of drug-likeness (QED) is 0.138. The van der Waals surface area contributed by atoms with Gasteiger partial charge in [-0.05, 0) is 93.6 Å². The molecule has 0 radical (unpaired) electrons. The summed E-state index contributed by atoms with van der Waals surface area (Å²) in [5, 5.41) is 5.46. The third-order valence-electron chi connectivity index (χ3n) is 11.6. The van der Waals surface area contributed by atoms with Crippen LogP contribution in [-0.4, -0.2) is 0 Å². The van der Waals surface area contributed by atoms with Crippen molar-refractivity contribution in [3.8, 4) is 11.1 Å². The summed E-state index contributed by atoms with van der Waals surface area (Å²) in [5.74, 6) is 0.600. The minimum atomic E-state index is 0.135. The fourth-order valence-corrected chi connectivity index (χ4v) is 11.2. The van der Waals surface area contributed by atoms with Crippen molar-refractivity contribution in [2.75, 3.05) is 0 Å². The molecule has 9 aromatic rings.